The highest BCUT2D eigenvalue weighted by molar-refractivity contribution is 5.63. The van der Waals surface area contributed by atoms with Crippen LogP contribution < -0.4 is 15.4 Å². The van der Waals surface area contributed by atoms with Gasteiger partial charge in [0.25, 0.3) is 0 Å². The van der Waals surface area contributed by atoms with E-state index < -0.39 is 11.6 Å². The lowest BCUT2D eigenvalue weighted by atomic mass is 10.2. The van der Waals surface area contributed by atoms with Crippen molar-refractivity contribution < 1.29 is 13.5 Å². The van der Waals surface area contributed by atoms with Gasteiger partial charge in [0, 0.05) is 13.1 Å². The second-order valence-electron chi connectivity index (χ2n) is 4.24. The summed E-state index contributed by atoms with van der Waals surface area (Å²) in [4.78, 5) is 8.18. The Morgan fingerprint density at radius 2 is 1.81 bits per heavy atom. The molecule has 2 N–H and O–H groups in total. The molecule has 1 heterocycles. The summed E-state index contributed by atoms with van der Waals surface area (Å²) in [7, 11) is 1.52. The van der Waals surface area contributed by atoms with Gasteiger partial charge in [0.05, 0.1) is 7.11 Å². The fourth-order valence-electron chi connectivity index (χ4n) is 1.82. The lowest BCUT2D eigenvalue weighted by Gasteiger charge is -2.13. The molecule has 21 heavy (non-hydrogen) atoms. The van der Waals surface area contributed by atoms with Crippen LogP contribution in [0.25, 0.3) is 0 Å². The molecule has 2 rings (SSSR count). The summed E-state index contributed by atoms with van der Waals surface area (Å²) in [6.45, 7) is 2.92. The minimum atomic E-state index is -0.878. The van der Waals surface area contributed by atoms with Crippen LogP contribution in [0, 0.1) is 11.6 Å². The molecule has 0 unspecified atom stereocenters. The molecule has 1 aromatic carbocycles. The summed E-state index contributed by atoms with van der Waals surface area (Å²) in [5.41, 5.74) is 0.597. The molecule has 0 amide bonds. The first kappa shape index (κ1) is 15.0. The highest BCUT2D eigenvalue weighted by atomic mass is 19.2. The van der Waals surface area contributed by atoms with Crippen LogP contribution in [-0.2, 0) is 6.54 Å². The van der Waals surface area contributed by atoms with E-state index in [2.05, 4.69) is 20.6 Å². The van der Waals surface area contributed by atoms with Crippen molar-refractivity contribution in [3.05, 3.63) is 41.7 Å². The van der Waals surface area contributed by atoms with E-state index in [0.717, 1.165) is 12.1 Å². The summed E-state index contributed by atoms with van der Waals surface area (Å²) in [6.07, 6.45) is 1.40. The smallest absolute Gasteiger partial charge is 0.204 e. The number of hydrogen-bond donors (Lipinski definition) is 2. The Morgan fingerprint density at radius 3 is 2.43 bits per heavy atom. The number of nitrogens with one attached hydrogen (secondary N) is 2. The molecule has 7 heteroatoms. The maximum Gasteiger partial charge on any atom is 0.204 e. The first-order valence-corrected chi connectivity index (χ1v) is 6.46. The van der Waals surface area contributed by atoms with Crippen molar-refractivity contribution in [3.8, 4) is 5.75 Å². The summed E-state index contributed by atoms with van der Waals surface area (Å²) in [5.74, 6) is -0.219. The van der Waals surface area contributed by atoms with Crippen LogP contribution in [0.1, 0.15) is 12.5 Å². The number of halogens is 2. The Hall–Kier alpha value is -2.44. The predicted octanol–water partition coefficient (Wildman–Crippen LogP) is 2.81. The zero-order valence-corrected chi connectivity index (χ0v) is 11.8. The van der Waals surface area contributed by atoms with Crippen LogP contribution in [0.3, 0.4) is 0 Å². The highest BCUT2D eigenvalue weighted by Crippen LogP contribution is 2.29. The molecule has 0 saturated carbocycles. The standard InChI is InChI=1S/C14H16F2N4O/c1-3-17-13-12(21-2)14(20-8-19-13)18-7-9-4-5-10(15)11(16)6-9/h4-6,8H,3,7H2,1-2H3,(H2,17,18,19,20). The molecule has 0 radical (unpaired) electrons. The number of rotatable bonds is 6. The number of ether oxygens (including phenoxy) is 1. The van der Waals surface area contributed by atoms with Crippen molar-refractivity contribution in [1.29, 1.82) is 0 Å². The molecule has 0 fully saturated rings. The SMILES string of the molecule is CCNc1ncnc(NCc2ccc(F)c(F)c2)c1OC. The Labute approximate surface area is 121 Å². The predicted molar refractivity (Wildman–Crippen MR) is 76.4 cm³/mol. The van der Waals surface area contributed by atoms with Gasteiger partial charge in [-0.15, -0.1) is 0 Å². The molecule has 0 bridgehead atoms. The lowest BCUT2D eigenvalue weighted by Crippen LogP contribution is -2.08. The topological polar surface area (TPSA) is 59.1 Å². The number of hydrogen-bond acceptors (Lipinski definition) is 5. The van der Waals surface area contributed by atoms with Crippen LogP contribution in [0.4, 0.5) is 20.4 Å². The maximum atomic E-state index is 13.2. The summed E-state index contributed by atoms with van der Waals surface area (Å²) >= 11 is 0. The third-order valence-corrected chi connectivity index (χ3v) is 2.80. The summed E-state index contributed by atoms with van der Waals surface area (Å²) < 4.78 is 31.3. The Balaban J connectivity index is 2.15. The maximum absolute atomic E-state index is 13.2. The zero-order valence-electron chi connectivity index (χ0n) is 11.8. The van der Waals surface area contributed by atoms with Crippen LogP contribution in [0.15, 0.2) is 24.5 Å². The summed E-state index contributed by atoms with van der Waals surface area (Å²) in [6, 6.07) is 3.74. The molecule has 0 aliphatic carbocycles. The van der Waals surface area contributed by atoms with Gasteiger partial charge < -0.3 is 15.4 Å². The average Bonchev–Trinajstić information content (AvgIpc) is 2.49. The third kappa shape index (κ3) is 3.56. The van der Waals surface area contributed by atoms with E-state index in [9.17, 15) is 8.78 Å². The van der Waals surface area contributed by atoms with E-state index in [1.54, 1.807) is 0 Å². The fourth-order valence-corrected chi connectivity index (χ4v) is 1.82. The molecule has 0 aliphatic heterocycles. The van der Waals surface area contributed by atoms with Crippen molar-refractivity contribution in [2.75, 3.05) is 24.3 Å². The van der Waals surface area contributed by atoms with Crippen LogP contribution in [0.2, 0.25) is 0 Å². The minimum Gasteiger partial charge on any atom is -0.490 e. The average molecular weight is 294 g/mol. The molecule has 112 valence electrons. The normalized spacial score (nSPS) is 10.3. The van der Waals surface area contributed by atoms with Crippen molar-refractivity contribution in [3.63, 3.8) is 0 Å². The van der Waals surface area contributed by atoms with Gasteiger partial charge in [0.1, 0.15) is 6.33 Å². The number of anilines is 2. The first-order valence-electron chi connectivity index (χ1n) is 6.46. The van der Waals surface area contributed by atoms with Gasteiger partial charge in [-0.2, -0.15) is 0 Å². The molecular weight excluding hydrogens is 278 g/mol. The molecule has 5 nitrogen and oxygen atoms in total. The number of benzene rings is 1. The van der Waals surface area contributed by atoms with Crippen molar-refractivity contribution in [1.82, 2.24) is 9.97 Å². The number of aromatic nitrogens is 2. The highest BCUT2D eigenvalue weighted by Gasteiger charge is 2.11. The van der Waals surface area contributed by atoms with Crippen LogP contribution in [-0.4, -0.2) is 23.6 Å². The van der Waals surface area contributed by atoms with Gasteiger partial charge in [-0.1, -0.05) is 6.07 Å². The molecular formula is C14H16F2N4O. The Morgan fingerprint density at radius 1 is 1.10 bits per heavy atom. The molecule has 1 aromatic heterocycles. The fraction of sp³-hybridized carbons (Fsp3) is 0.286. The molecule has 0 aliphatic rings. The van der Waals surface area contributed by atoms with E-state index in [4.69, 9.17) is 4.74 Å². The van der Waals surface area contributed by atoms with E-state index in [1.807, 2.05) is 6.92 Å². The van der Waals surface area contributed by atoms with Gasteiger partial charge in [0.2, 0.25) is 5.75 Å². The monoisotopic (exact) mass is 294 g/mol. The van der Waals surface area contributed by atoms with Gasteiger partial charge in [-0.3, -0.25) is 0 Å². The first-order chi connectivity index (χ1) is 10.2. The minimum absolute atomic E-state index is 0.288. The van der Waals surface area contributed by atoms with Gasteiger partial charge >= 0.3 is 0 Å². The van der Waals surface area contributed by atoms with Crippen LogP contribution in [0.5, 0.6) is 5.75 Å². The van der Waals surface area contributed by atoms with E-state index in [-0.39, 0.29) is 6.54 Å². The Kier molecular flexibility index (Phi) is 4.86. The number of nitrogens with zero attached hydrogens (tertiary/aromatic N) is 2. The quantitative estimate of drug-likeness (QED) is 0.858. The Bertz CT molecular complexity index is 622. The van der Waals surface area contributed by atoms with E-state index in [1.165, 1.54) is 19.5 Å². The van der Waals surface area contributed by atoms with Gasteiger partial charge in [-0.25, -0.2) is 18.7 Å². The number of methoxy groups -OCH3 is 1. The molecule has 2 aromatic rings. The van der Waals surface area contributed by atoms with Crippen molar-refractivity contribution >= 4 is 11.6 Å². The molecule has 0 saturated heterocycles. The second kappa shape index (κ2) is 6.83. The van der Waals surface area contributed by atoms with E-state index >= 15 is 0 Å². The van der Waals surface area contributed by atoms with Crippen molar-refractivity contribution in [2.24, 2.45) is 0 Å². The summed E-state index contributed by atoms with van der Waals surface area (Å²) in [5, 5.41) is 6.08. The largest absolute Gasteiger partial charge is 0.490 e. The van der Waals surface area contributed by atoms with E-state index in [0.29, 0.717) is 29.5 Å². The van der Waals surface area contributed by atoms with Crippen LogP contribution >= 0.6 is 0 Å². The third-order valence-electron chi connectivity index (χ3n) is 2.80. The molecule has 0 spiro atoms. The van der Waals surface area contributed by atoms with Gasteiger partial charge in [0.15, 0.2) is 23.3 Å². The lowest BCUT2D eigenvalue weighted by molar-refractivity contribution is 0.414. The zero-order chi connectivity index (χ0) is 15.2. The van der Waals surface area contributed by atoms with Crippen molar-refractivity contribution in [2.45, 2.75) is 13.5 Å². The van der Waals surface area contributed by atoms with Gasteiger partial charge in [-0.05, 0) is 24.6 Å². The second-order valence-corrected chi connectivity index (χ2v) is 4.24. The molecule has 0 atom stereocenters.